The smallest absolute Gasteiger partial charge is 0.410 e. The van der Waals surface area contributed by atoms with E-state index in [1.54, 1.807) is 4.90 Å². The first-order chi connectivity index (χ1) is 18.7. The van der Waals surface area contributed by atoms with Crippen molar-refractivity contribution in [1.29, 1.82) is 0 Å². The Balaban J connectivity index is 1.22. The molecule has 1 aromatic rings. The highest BCUT2D eigenvalue weighted by atomic mass is 35.5. The summed E-state index contributed by atoms with van der Waals surface area (Å²) < 4.78 is 10.8. The van der Waals surface area contributed by atoms with Gasteiger partial charge in [0, 0.05) is 45.0 Å². The number of nitrogens with zero attached hydrogens (tertiary/aromatic N) is 3. The van der Waals surface area contributed by atoms with Crippen LogP contribution in [0.5, 0.6) is 0 Å². The van der Waals surface area contributed by atoms with Crippen LogP contribution in [0.4, 0.5) is 15.3 Å². The van der Waals surface area contributed by atoms with Gasteiger partial charge in [-0.05, 0) is 97.3 Å². The van der Waals surface area contributed by atoms with Crippen LogP contribution in [0.1, 0.15) is 77.6 Å². The second-order valence-electron chi connectivity index (χ2n) is 13.3. The topological polar surface area (TPSA) is 91.4 Å². The molecule has 0 aliphatic carbocycles. The lowest BCUT2D eigenvalue weighted by Crippen LogP contribution is -2.61. The van der Waals surface area contributed by atoms with E-state index in [0.29, 0.717) is 35.5 Å². The maximum absolute atomic E-state index is 13.0. The van der Waals surface area contributed by atoms with Gasteiger partial charge >= 0.3 is 12.2 Å². The van der Waals surface area contributed by atoms with Crippen LogP contribution in [0.25, 0.3) is 0 Å². The Hall–Kier alpha value is -2.68. The van der Waals surface area contributed by atoms with Gasteiger partial charge in [0.05, 0.1) is 16.6 Å². The number of hydrogen-bond acceptors (Lipinski definition) is 6. The van der Waals surface area contributed by atoms with Gasteiger partial charge in [-0.1, -0.05) is 11.6 Å². The van der Waals surface area contributed by atoms with Crippen LogP contribution in [0.15, 0.2) is 18.2 Å². The highest BCUT2D eigenvalue weighted by molar-refractivity contribution is 6.34. The van der Waals surface area contributed by atoms with Crippen molar-refractivity contribution in [2.24, 2.45) is 11.8 Å². The highest BCUT2D eigenvalue weighted by Crippen LogP contribution is 2.35. The van der Waals surface area contributed by atoms with Crippen molar-refractivity contribution >= 4 is 35.4 Å². The van der Waals surface area contributed by atoms with Crippen LogP contribution < -0.4 is 10.2 Å². The van der Waals surface area contributed by atoms with E-state index < -0.39 is 17.3 Å². The Kier molecular flexibility index (Phi) is 9.12. The summed E-state index contributed by atoms with van der Waals surface area (Å²) in [5.74, 6) is 1.16. The molecule has 0 unspecified atom stereocenters. The minimum absolute atomic E-state index is 0.123. The summed E-state index contributed by atoms with van der Waals surface area (Å²) >= 11 is 6.59. The molecule has 3 amide bonds. The van der Waals surface area contributed by atoms with Crippen LogP contribution in [0.3, 0.4) is 0 Å². The third-order valence-electron chi connectivity index (χ3n) is 7.84. The second-order valence-corrected chi connectivity index (χ2v) is 13.8. The van der Waals surface area contributed by atoms with E-state index in [9.17, 15) is 14.4 Å². The van der Waals surface area contributed by atoms with E-state index >= 15 is 0 Å². The number of rotatable bonds is 4. The van der Waals surface area contributed by atoms with Crippen molar-refractivity contribution < 1.29 is 23.9 Å². The van der Waals surface area contributed by atoms with E-state index in [-0.39, 0.29) is 18.0 Å². The summed E-state index contributed by atoms with van der Waals surface area (Å²) in [6.07, 6.45) is 3.59. The number of carbonyl (C=O) groups excluding carboxylic acids is 3. The largest absolute Gasteiger partial charge is 0.444 e. The minimum Gasteiger partial charge on any atom is -0.444 e. The number of ether oxygens (including phenoxy) is 2. The molecule has 3 fully saturated rings. The number of amides is 3. The number of halogens is 1. The maximum Gasteiger partial charge on any atom is 0.410 e. The quantitative estimate of drug-likeness (QED) is 0.505. The van der Waals surface area contributed by atoms with Gasteiger partial charge in [-0.2, -0.15) is 0 Å². The summed E-state index contributed by atoms with van der Waals surface area (Å²) in [5.41, 5.74) is 0.489. The number of likely N-dealkylation sites (tertiary alicyclic amines) is 2. The first kappa shape index (κ1) is 30.3. The molecule has 4 rings (SSSR count). The molecule has 0 bridgehead atoms. The lowest BCUT2D eigenvalue weighted by atomic mass is 9.79. The molecule has 40 heavy (non-hydrogen) atoms. The molecule has 1 aromatic carbocycles. The molecule has 3 aliphatic heterocycles. The summed E-state index contributed by atoms with van der Waals surface area (Å²) in [6, 6.07) is 5.56. The first-order valence-electron chi connectivity index (χ1n) is 14.5. The zero-order valence-corrected chi connectivity index (χ0v) is 25.6. The van der Waals surface area contributed by atoms with E-state index in [4.69, 9.17) is 21.1 Å². The highest BCUT2D eigenvalue weighted by Gasteiger charge is 2.35. The van der Waals surface area contributed by atoms with Crippen molar-refractivity contribution in [2.75, 3.05) is 44.2 Å². The van der Waals surface area contributed by atoms with Gasteiger partial charge in [0.2, 0.25) is 0 Å². The molecule has 0 radical (unpaired) electrons. The van der Waals surface area contributed by atoms with Gasteiger partial charge in [-0.25, -0.2) is 9.59 Å². The molecule has 3 heterocycles. The molecule has 0 saturated carbocycles. The van der Waals surface area contributed by atoms with Crippen molar-refractivity contribution in [3.05, 3.63) is 28.8 Å². The van der Waals surface area contributed by atoms with E-state index in [1.807, 2.05) is 64.6 Å². The lowest BCUT2D eigenvalue weighted by molar-refractivity contribution is 0.0152. The second kappa shape index (κ2) is 12.0. The third-order valence-corrected chi connectivity index (χ3v) is 8.15. The standard InChI is InChI=1S/C30H45ClN4O5/c1-29(2,3)39-27(37)32-22-18-35(19-22)26(36)24-8-7-23(17-25(24)31)33-13-9-20(10-14-33)21-11-15-34(16-12-21)28(38)40-30(4,5)6/h7-8,17,20-22H,9-16,18-19H2,1-6H3,(H,32,37). The van der Waals surface area contributed by atoms with Crippen LogP contribution in [0.2, 0.25) is 5.02 Å². The SMILES string of the molecule is CC(C)(C)OC(=O)NC1CN(C(=O)c2ccc(N3CCC(C4CCN(C(=O)OC(C)(C)C)CC4)CC3)cc2Cl)C1. The third kappa shape index (κ3) is 7.95. The Bertz CT molecular complexity index is 1080. The van der Waals surface area contributed by atoms with E-state index in [1.165, 1.54) is 0 Å². The van der Waals surface area contributed by atoms with Crippen LogP contribution in [-0.2, 0) is 9.47 Å². The van der Waals surface area contributed by atoms with Gasteiger partial charge in [0.15, 0.2) is 0 Å². The minimum atomic E-state index is -0.561. The number of carbonyl (C=O) groups is 3. The molecular formula is C30H45ClN4O5. The molecule has 3 saturated heterocycles. The maximum atomic E-state index is 13.0. The van der Waals surface area contributed by atoms with Crippen molar-refractivity contribution in [3.8, 4) is 0 Å². The zero-order chi connectivity index (χ0) is 29.2. The number of alkyl carbamates (subject to hydrolysis) is 1. The van der Waals surface area contributed by atoms with Crippen molar-refractivity contribution in [3.63, 3.8) is 0 Å². The fourth-order valence-electron chi connectivity index (χ4n) is 5.76. The number of piperidine rings is 2. The van der Waals surface area contributed by atoms with E-state index in [0.717, 1.165) is 57.5 Å². The van der Waals surface area contributed by atoms with Gasteiger partial charge < -0.3 is 29.5 Å². The molecule has 1 N–H and O–H groups in total. The summed E-state index contributed by atoms with van der Waals surface area (Å²) in [7, 11) is 0. The molecule has 3 aliphatic rings. The first-order valence-corrected chi connectivity index (χ1v) is 14.9. The van der Waals surface area contributed by atoms with Gasteiger partial charge in [-0.3, -0.25) is 4.79 Å². The fraction of sp³-hybridized carbons (Fsp3) is 0.700. The summed E-state index contributed by atoms with van der Waals surface area (Å²) in [5, 5.41) is 3.25. The predicted molar refractivity (Wildman–Crippen MR) is 156 cm³/mol. The average molecular weight is 577 g/mol. The Labute approximate surface area is 243 Å². The predicted octanol–water partition coefficient (Wildman–Crippen LogP) is 5.55. The Morgan fingerprint density at radius 1 is 0.825 bits per heavy atom. The van der Waals surface area contributed by atoms with Gasteiger partial charge in [0.1, 0.15) is 11.2 Å². The Morgan fingerprint density at radius 2 is 1.38 bits per heavy atom. The number of nitrogens with one attached hydrogen (secondary N) is 1. The fourth-order valence-corrected chi connectivity index (χ4v) is 6.02. The van der Waals surface area contributed by atoms with Crippen molar-refractivity contribution in [1.82, 2.24) is 15.1 Å². The zero-order valence-electron chi connectivity index (χ0n) is 24.8. The summed E-state index contributed by atoms with van der Waals surface area (Å²) in [6.45, 7) is 15.4. The normalized spacial score (nSPS) is 19.7. The lowest BCUT2D eigenvalue weighted by Gasteiger charge is -2.41. The van der Waals surface area contributed by atoms with Gasteiger partial charge in [0.25, 0.3) is 5.91 Å². The van der Waals surface area contributed by atoms with Gasteiger partial charge in [-0.15, -0.1) is 0 Å². The van der Waals surface area contributed by atoms with E-state index in [2.05, 4.69) is 10.2 Å². The molecule has 9 nitrogen and oxygen atoms in total. The molecular weight excluding hydrogens is 532 g/mol. The Morgan fingerprint density at radius 3 is 1.90 bits per heavy atom. The van der Waals surface area contributed by atoms with Crippen molar-refractivity contribution in [2.45, 2.75) is 84.5 Å². The average Bonchev–Trinajstić information content (AvgIpc) is 2.83. The molecule has 222 valence electrons. The molecule has 0 spiro atoms. The number of benzene rings is 1. The monoisotopic (exact) mass is 576 g/mol. The molecule has 0 atom stereocenters. The molecule has 10 heteroatoms. The molecule has 0 aromatic heterocycles. The number of anilines is 1. The summed E-state index contributed by atoms with van der Waals surface area (Å²) in [4.78, 5) is 43.2. The van der Waals surface area contributed by atoms with Crippen LogP contribution in [-0.4, -0.2) is 84.4 Å². The number of hydrogen-bond donors (Lipinski definition) is 1. The van der Waals surface area contributed by atoms with Crippen LogP contribution >= 0.6 is 11.6 Å². The van der Waals surface area contributed by atoms with Crippen LogP contribution in [0, 0.1) is 11.8 Å².